The molecule has 0 saturated carbocycles. The summed E-state index contributed by atoms with van der Waals surface area (Å²) < 4.78 is 62.6. The van der Waals surface area contributed by atoms with E-state index in [0.29, 0.717) is 12.1 Å². The molecule has 0 N–H and O–H groups in total. The van der Waals surface area contributed by atoms with Gasteiger partial charge in [-0.15, -0.1) is 11.6 Å². The highest BCUT2D eigenvalue weighted by molar-refractivity contribution is 6.33. The molecule has 0 heterocycles. The summed E-state index contributed by atoms with van der Waals surface area (Å²) in [6, 6.07) is 1.92. The first-order chi connectivity index (χ1) is 8.14. The van der Waals surface area contributed by atoms with Crippen molar-refractivity contribution in [2.24, 2.45) is 0 Å². The minimum Gasteiger partial charge on any atom is -0.293 e. The zero-order chi connectivity index (χ0) is 14.1. The third-order valence-corrected chi connectivity index (χ3v) is 2.44. The van der Waals surface area contributed by atoms with Crippen LogP contribution in [0.15, 0.2) is 18.2 Å². The Labute approximate surface area is 105 Å². The largest absolute Gasteiger partial charge is 0.416 e. The Morgan fingerprint density at radius 1 is 1.28 bits per heavy atom. The average molecular weight is 287 g/mol. The molecule has 0 amide bonds. The van der Waals surface area contributed by atoms with Gasteiger partial charge in [-0.1, -0.05) is 12.1 Å². The molecular formula is C11H8ClF5O. The van der Waals surface area contributed by atoms with Gasteiger partial charge in [-0.25, -0.2) is 8.78 Å². The van der Waals surface area contributed by atoms with E-state index in [1.165, 1.54) is 6.92 Å². The van der Waals surface area contributed by atoms with Crippen molar-refractivity contribution in [1.82, 2.24) is 0 Å². The van der Waals surface area contributed by atoms with Crippen LogP contribution in [0, 0.1) is 0 Å². The fraction of sp³-hybridized carbons (Fsp3) is 0.364. The fourth-order valence-electron chi connectivity index (χ4n) is 1.37. The number of carbonyl (C=O) groups is 1. The predicted octanol–water partition coefficient (Wildman–Crippen LogP) is 4.45. The lowest BCUT2D eigenvalue weighted by atomic mass is 10.0. The maximum absolute atomic E-state index is 12.6. The number of rotatable bonds is 3. The van der Waals surface area contributed by atoms with Crippen molar-refractivity contribution in [1.29, 1.82) is 0 Å². The van der Waals surface area contributed by atoms with Gasteiger partial charge in [0.2, 0.25) is 0 Å². The third-order valence-electron chi connectivity index (χ3n) is 2.24. The van der Waals surface area contributed by atoms with Crippen molar-refractivity contribution in [3.63, 3.8) is 0 Å². The van der Waals surface area contributed by atoms with Crippen molar-refractivity contribution in [2.75, 3.05) is 0 Å². The Hall–Kier alpha value is -1.17. The molecule has 0 radical (unpaired) electrons. The maximum atomic E-state index is 12.6. The van der Waals surface area contributed by atoms with Gasteiger partial charge in [0, 0.05) is 11.1 Å². The Balaban J connectivity index is 3.35. The highest BCUT2D eigenvalue weighted by atomic mass is 35.5. The number of hydrogen-bond acceptors (Lipinski definition) is 1. The smallest absolute Gasteiger partial charge is 0.293 e. The van der Waals surface area contributed by atoms with Crippen LogP contribution in [0.2, 0.25) is 0 Å². The van der Waals surface area contributed by atoms with Gasteiger partial charge in [-0.05, 0) is 13.0 Å². The predicted molar refractivity (Wildman–Crippen MR) is 56.0 cm³/mol. The molecule has 0 aliphatic heterocycles. The van der Waals surface area contributed by atoms with Gasteiger partial charge in [-0.2, -0.15) is 13.2 Å². The number of hydrogen-bond donors (Lipinski definition) is 0. The number of ketones is 1. The van der Waals surface area contributed by atoms with Gasteiger partial charge >= 0.3 is 6.18 Å². The zero-order valence-corrected chi connectivity index (χ0v) is 9.82. The second-order valence-corrected chi connectivity index (χ2v) is 4.24. The summed E-state index contributed by atoms with van der Waals surface area (Å²) in [5.74, 6) is -0.747. The first kappa shape index (κ1) is 14.9. The van der Waals surface area contributed by atoms with Crippen LogP contribution >= 0.6 is 11.6 Å². The number of halogens is 6. The molecular weight excluding hydrogens is 279 g/mol. The molecule has 100 valence electrons. The van der Waals surface area contributed by atoms with Crippen LogP contribution in [0.25, 0.3) is 0 Å². The number of benzene rings is 1. The molecule has 1 rings (SSSR count). The van der Waals surface area contributed by atoms with Crippen molar-refractivity contribution < 1.29 is 26.7 Å². The standard InChI is InChI=1S/C11H8ClF5O/c1-5(12)9(18)6-2-3-7(10(13)14)8(4-6)11(15,16)17/h2-5,10H,1H3. The number of carbonyl (C=O) groups excluding carboxylic acids is 1. The van der Waals surface area contributed by atoms with Crippen molar-refractivity contribution in [2.45, 2.75) is 24.9 Å². The maximum Gasteiger partial charge on any atom is 0.416 e. The molecule has 1 nitrogen and oxygen atoms in total. The zero-order valence-electron chi connectivity index (χ0n) is 9.06. The molecule has 1 aromatic rings. The first-order valence-corrected chi connectivity index (χ1v) is 5.25. The van der Waals surface area contributed by atoms with E-state index in [-0.39, 0.29) is 5.56 Å². The Morgan fingerprint density at radius 2 is 1.83 bits per heavy atom. The molecule has 1 aromatic carbocycles. The summed E-state index contributed by atoms with van der Waals surface area (Å²) in [4.78, 5) is 11.4. The van der Waals surface area contributed by atoms with Crippen LogP contribution in [0.3, 0.4) is 0 Å². The SMILES string of the molecule is CC(Cl)C(=O)c1ccc(C(F)F)c(C(F)(F)F)c1. The summed E-state index contributed by atoms with van der Waals surface area (Å²) in [6.45, 7) is 1.29. The first-order valence-electron chi connectivity index (χ1n) is 4.82. The quantitative estimate of drug-likeness (QED) is 0.456. The Kier molecular flexibility index (Phi) is 4.32. The summed E-state index contributed by atoms with van der Waals surface area (Å²) in [6.07, 6.45) is -8.21. The van der Waals surface area contributed by atoms with E-state index in [9.17, 15) is 26.7 Å². The average Bonchev–Trinajstić information content (AvgIpc) is 2.25. The van der Waals surface area contributed by atoms with Crippen LogP contribution in [0.1, 0.15) is 34.8 Å². The molecule has 0 aliphatic carbocycles. The number of Topliss-reactive ketones (excluding diaryl/α,β-unsaturated/α-hetero) is 1. The monoisotopic (exact) mass is 286 g/mol. The molecule has 0 bridgehead atoms. The Bertz CT molecular complexity index is 453. The van der Waals surface area contributed by atoms with E-state index >= 15 is 0 Å². The molecule has 0 aliphatic rings. The van der Waals surface area contributed by atoms with E-state index < -0.39 is 34.9 Å². The van der Waals surface area contributed by atoms with Crippen LogP contribution in [-0.2, 0) is 6.18 Å². The fourth-order valence-corrected chi connectivity index (χ4v) is 1.50. The van der Waals surface area contributed by atoms with Gasteiger partial charge in [0.25, 0.3) is 6.43 Å². The van der Waals surface area contributed by atoms with Gasteiger partial charge in [0.15, 0.2) is 5.78 Å². The lowest BCUT2D eigenvalue weighted by molar-refractivity contribution is -0.139. The molecule has 0 fully saturated rings. The van der Waals surface area contributed by atoms with Gasteiger partial charge in [0.05, 0.1) is 10.9 Å². The molecule has 1 atom stereocenters. The van der Waals surface area contributed by atoms with Crippen LogP contribution in [0.4, 0.5) is 22.0 Å². The van der Waals surface area contributed by atoms with Gasteiger partial charge in [-0.3, -0.25) is 4.79 Å². The van der Waals surface area contributed by atoms with Crippen LogP contribution in [-0.4, -0.2) is 11.2 Å². The van der Waals surface area contributed by atoms with E-state index in [4.69, 9.17) is 11.6 Å². The summed E-state index contributed by atoms with van der Waals surface area (Å²) in [5, 5.41) is -1.02. The molecule has 18 heavy (non-hydrogen) atoms. The highest BCUT2D eigenvalue weighted by Gasteiger charge is 2.36. The second-order valence-electron chi connectivity index (χ2n) is 3.58. The van der Waals surface area contributed by atoms with E-state index in [0.717, 1.165) is 6.07 Å². The third kappa shape index (κ3) is 3.19. The van der Waals surface area contributed by atoms with E-state index in [2.05, 4.69) is 0 Å². The second kappa shape index (κ2) is 5.22. The topological polar surface area (TPSA) is 17.1 Å². The number of alkyl halides is 6. The lowest BCUT2D eigenvalue weighted by Gasteiger charge is -2.14. The Morgan fingerprint density at radius 3 is 2.22 bits per heavy atom. The van der Waals surface area contributed by atoms with Crippen LogP contribution in [0.5, 0.6) is 0 Å². The molecule has 7 heteroatoms. The minimum absolute atomic E-state index is 0.339. The normalized spacial score (nSPS) is 13.8. The van der Waals surface area contributed by atoms with Crippen LogP contribution < -0.4 is 0 Å². The molecule has 0 aromatic heterocycles. The summed E-state index contributed by atoms with van der Waals surface area (Å²) in [5.41, 5.74) is -3.00. The van der Waals surface area contributed by atoms with Crippen molar-refractivity contribution in [3.8, 4) is 0 Å². The minimum atomic E-state index is -4.95. The van der Waals surface area contributed by atoms with E-state index in [1.807, 2.05) is 0 Å². The van der Waals surface area contributed by atoms with Crippen molar-refractivity contribution >= 4 is 17.4 Å². The molecule has 0 saturated heterocycles. The lowest BCUT2D eigenvalue weighted by Crippen LogP contribution is -2.15. The summed E-state index contributed by atoms with van der Waals surface area (Å²) in [7, 11) is 0. The summed E-state index contributed by atoms with van der Waals surface area (Å²) >= 11 is 5.45. The molecule has 0 spiro atoms. The highest BCUT2D eigenvalue weighted by Crippen LogP contribution is 2.37. The molecule has 1 unspecified atom stereocenters. The van der Waals surface area contributed by atoms with Gasteiger partial charge < -0.3 is 0 Å². The van der Waals surface area contributed by atoms with Crippen molar-refractivity contribution in [3.05, 3.63) is 34.9 Å². The van der Waals surface area contributed by atoms with Gasteiger partial charge in [0.1, 0.15) is 0 Å². The van der Waals surface area contributed by atoms with E-state index in [1.54, 1.807) is 0 Å².